The largest absolute Gasteiger partial charge is 0.379 e. The van der Waals surface area contributed by atoms with E-state index >= 15 is 0 Å². The number of piperidine rings is 1. The fraction of sp³-hybridized carbons (Fsp3) is 0.600. The molecule has 1 atom stereocenters. The number of nitrogens with one attached hydrogen (secondary N) is 1. The van der Waals surface area contributed by atoms with Crippen LogP contribution < -0.4 is 10.5 Å². The van der Waals surface area contributed by atoms with Crippen molar-refractivity contribution in [1.82, 2.24) is 24.8 Å². The zero-order chi connectivity index (χ0) is 20.4. The van der Waals surface area contributed by atoms with Crippen LogP contribution in [0.4, 0.5) is 5.95 Å². The van der Waals surface area contributed by atoms with E-state index in [1.807, 2.05) is 30.0 Å². The number of likely N-dealkylation sites (tertiary alicyclic amines) is 1. The summed E-state index contributed by atoms with van der Waals surface area (Å²) in [4.78, 5) is 43.0. The third-order valence-electron chi connectivity index (χ3n) is 5.68. The monoisotopic (exact) mass is 400 g/mol. The zero-order valence-corrected chi connectivity index (χ0v) is 17.1. The van der Waals surface area contributed by atoms with Gasteiger partial charge < -0.3 is 19.5 Å². The van der Waals surface area contributed by atoms with E-state index in [2.05, 4.69) is 19.9 Å². The van der Waals surface area contributed by atoms with Gasteiger partial charge >= 0.3 is 0 Å². The fourth-order valence-electron chi connectivity index (χ4n) is 4.00. The Morgan fingerprint density at radius 1 is 1.31 bits per heavy atom. The molecule has 156 valence electrons. The van der Waals surface area contributed by atoms with Crippen LogP contribution in [0.25, 0.3) is 10.9 Å². The predicted octanol–water partition coefficient (Wildman–Crippen LogP) is 0.422. The van der Waals surface area contributed by atoms with Crippen LogP contribution in [-0.4, -0.2) is 90.7 Å². The van der Waals surface area contributed by atoms with Crippen LogP contribution in [0.2, 0.25) is 0 Å². The second-order valence-corrected chi connectivity index (χ2v) is 7.98. The van der Waals surface area contributed by atoms with Crippen LogP contribution in [-0.2, 0) is 9.53 Å². The number of carbonyl (C=O) groups is 1. The molecule has 0 unspecified atom stereocenters. The Morgan fingerprint density at radius 2 is 2.10 bits per heavy atom. The van der Waals surface area contributed by atoms with Crippen molar-refractivity contribution in [3.8, 4) is 0 Å². The molecular weight excluding hydrogens is 372 g/mol. The summed E-state index contributed by atoms with van der Waals surface area (Å²) < 4.78 is 5.36. The van der Waals surface area contributed by atoms with E-state index in [0.717, 1.165) is 38.2 Å². The van der Waals surface area contributed by atoms with E-state index in [-0.39, 0.29) is 17.4 Å². The number of rotatable bonds is 4. The van der Waals surface area contributed by atoms with Crippen LogP contribution in [0.3, 0.4) is 0 Å². The van der Waals surface area contributed by atoms with Crippen molar-refractivity contribution in [3.05, 3.63) is 28.3 Å². The average molecular weight is 400 g/mol. The molecule has 0 saturated carbocycles. The molecule has 0 aliphatic carbocycles. The lowest BCUT2D eigenvalue weighted by Crippen LogP contribution is -2.47. The Balaban J connectivity index is 1.52. The van der Waals surface area contributed by atoms with Crippen molar-refractivity contribution in [2.45, 2.75) is 18.8 Å². The van der Waals surface area contributed by atoms with Gasteiger partial charge in [-0.2, -0.15) is 0 Å². The highest BCUT2D eigenvalue weighted by Gasteiger charge is 2.27. The molecule has 2 fully saturated rings. The summed E-state index contributed by atoms with van der Waals surface area (Å²) >= 11 is 0. The molecule has 0 spiro atoms. The van der Waals surface area contributed by atoms with Crippen molar-refractivity contribution in [2.24, 2.45) is 0 Å². The van der Waals surface area contributed by atoms with Gasteiger partial charge in [-0.05, 0) is 18.9 Å². The number of hydrogen-bond donors (Lipinski definition) is 1. The molecule has 2 aliphatic heterocycles. The van der Waals surface area contributed by atoms with E-state index in [0.29, 0.717) is 43.2 Å². The Bertz CT molecular complexity index is 937. The topological polar surface area (TPSA) is 94.7 Å². The maximum atomic E-state index is 12.8. The number of nitrogens with zero attached hydrogens (tertiary/aromatic N) is 5. The molecule has 4 rings (SSSR count). The zero-order valence-electron chi connectivity index (χ0n) is 17.1. The molecule has 0 radical (unpaired) electrons. The van der Waals surface area contributed by atoms with Crippen LogP contribution in [0.5, 0.6) is 0 Å². The second kappa shape index (κ2) is 8.46. The van der Waals surface area contributed by atoms with E-state index in [1.54, 1.807) is 6.20 Å². The fourth-order valence-corrected chi connectivity index (χ4v) is 4.00. The average Bonchev–Trinajstić information content (AvgIpc) is 2.74. The van der Waals surface area contributed by atoms with Crippen molar-refractivity contribution in [2.75, 3.05) is 64.9 Å². The van der Waals surface area contributed by atoms with E-state index in [1.165, 1.54) is 0 Å². The van der Waals surface area contributed by atoms with Crippen molar-refractivity contribution < 1.29 is 9.53 Å². The highest BCUT2D eigenvalue weighted by Crippen LogP contribution is 2.26. The Kier molecular flexibility index (Phi) is 5.77. The van der Waals surface area contributed by atoms with E-state index in [4.69, 9.17) is 4.74 Å². The Hall–Kier alpha value is -2.52. The first-order valence-electron chi connectivity index (χ1n) is 10.2. The third-order valence-corrected chi connectivity index (χ3v) is 5.68. The van der Waals surface area contributed by atoms with Crippen LogP contribution in [0, 0.1) is 0 Å². The van der Waals surface area contributed by atoms with Gasteiger partial charge in [-0.15, -0.1) is 0 Å². The molecule has 9 heteroatoms. The first-order chi connectivity index (χ1) is 14.0. The van der Waals surface area contributed by atoms with Gasteiger partial charge in [0.15, 0.2) is 0 Å². The number of hydrogen-bond acceptors (Lipinski definition) is 7. The lowest BCUT2D eigenvalue weighted by molar-refractivity contribution is -0.134. The number of aromatic amines is 1. The smallest absolute Gasteiger partial charge is 0.259 e. The molecule has 2 aromatic heterocycles. The van der Waals surface area contributed by atoms with Gasteiger partial charge in [-0.3, -0.25) is 14.5 Å². The second-order valence-electron chi connectivity index (χ2n) is 7.98. The summed E-state index contributed by atoms with van der Waals surface area (Å²) in [7, 11) is 3.74. The number of morpholine rings is 1. The van der Waals surface area contributed by atoms with Gasteiger partial charge in [-0.25, -0.2) is 9.97 Å². The Morgan fingerprint density at radius 3 is 2.86 bits per heavy atom. The Labute approximate surface area is 169 Å². The predicted molar refractivity (Wildman–Crippen MR) is 110 cm³/mol. The number of fused-ring (bicyclic) bond motifs is 1. The summed E-state index contributed by atoms with van der Waals surface area (Å²) in [6.45, 7) is 4.80. The summed E-state index contributed by atoms with van der Waals surface area (Å²) in [5.41, 5.74) is 1.30. The van der Waals surface area contributed by atoms with Gasteiger partial charge in [0.05, 0.1) is 30.7 Å². The standard InChI is InChI=1S/C20H28N6O3/c1-24(2)20-21-11-15-17(23-20)10-16(22-19(15)28)14-4-3-5-26(12-14)18(27)13-25-6-8-29-9-7-25/h10-11,14H,3-9,12-13H2,1-2H3,(H,22,28)/t14-/m0/s1. The van der Waals surface area contributed by atoms with Crippen molar-refractivity contribution >= 4 is 22.8 Å². The number of pyridine rings is 1. The number of ether oxygens (including phenoxy) is 1. The SMILES string of the molecule is CN(C)c1ncc2c(=O)[nH]c([C@H]3CCCN(C(=O)CN4CCOCC4)C3)cc2n1. The molecule has 2 saturated heterocycles. The summed E-state index contributed by atoms with van der Waals surface area (Å²) in [5, 5.41) is 0.482. The lowest BCUT2D eigenvalue weighted by atomic mass is 9.94. The third kappa shape index (κ3) is 4.40. The normalized spacial score (nSPS) is 20.8. The van der Waals surface area contributed by atoms with Gasteiger partial charge in [0.25, 0.3) is 5.56 Å². The lowest BCUT2D eigenvalue weighted by Gasteiger charge is -2.35. The first-order valence-corrected chi connectivity index (χ1v) is 10.2. The van der Waals surface area contributed by atoms with Crippen molar-refractivity contribution in [1.29, 1.82) is 0 Å². The maximum Gasteiger partial charge on any atom is 0.259 e. The molecule has 1 N–H and O–H groups in total. The minimum atomic E-state index is -0.181. The molecular formula is C20H28N6O3. The molecule has 0 bridgehead atoms. The van der Waals surface area contributed by atoms with Gasteiger partial charge in [0.2, 0.25) is 11.9 Å². The number of aromatic nitrogens is 3. The highest BCUT2D eigenvalue weighted by atomic mass is 16.5. The molecule has 2 aromatic rings. The van der Waals surface area contributed by atoms with Crippen LogP contribution in [0.15, 0.2) is 17.1 Å². The molecule has 0 aromatic carbocycles. The summed E-state index contributed by atoms with van der Waals surface area (Å²) in [6.07, 6.45) is 3.43. The van der Waals surface area contributed by atoms with Crippen LogP contribution in [0.1, 0.15) is 24.5 Å². The van der Waals surface area contributed by atoms with Crippen molar-refractivity contribution in [3.63, 3.8) is 0 Å². The van der Waals surface area contributed by atoms with Gasteiger partial charge in [-0.1, -0.05) is 0 Å². The molecule has 9 nitrogen and oxygen atoms in total. The molecule has 4 heterocycles. The minimum Gasteiger partial charge on any atom is -0.379 e. The van der Waals surface area contributed by atoms with Crippen LogP contribution >= 0.6 is 0 Å². The van der Waals surface area contributed by atoms with E-state index in [9.17, 15) is 9.59 Å². The molecule has 2 aliphatic rings. The quantitative estimate of drug-likeness (QED) is 0.795. The number of amides is 1. The van der Waals surface area contributed by atoms with E-state index < -0.39 is 0 Å². The van der Waals surface area contributed by atoms with Gasteiger partial charge in [0, 0.05) is 58.1 Å². The number of anilines is 1. The highest BCUT2D eigenvalue weighted by molar-refractivity contribution is 5.79. The molecule has 29 heavy (non-hydrogen) atoms. The maximum absolute atomic E-state index is 12.8. The number of H-pyrrole nitrogens is 1. The summed E-state index contributed by atoms with van der Waals surface area (Å²) in [6, 6.07) is 1.94. The summed E-state index contributed by atoms with van der Waals surface area (Å²) in [5.74, 6) is 0.823. The first kappa shape index (κ1) is 19.8. The van der Waals surface area contributed by atoms with Gasteiger partial charge in [0.1, 0.15) is 0 Å². The molecule has 1 amide bonds. The minimum absolute atomic E-state index is 0.104. The number of carbonyl (C=O) groups excluding carboxylic acids is 1.